The number of carbonyl (C=O) groups is 3. The Balaban J connectivity index is 1.19. The number of rotatable bonds is 10. The quantitative estimate of drug-likeness (QED) is 0.0870. The van der Waals surface area contributed by atoms with Crippen molar-refractivity contribution in [1.29, 1.82) is 0 Å². The number of halogens is 3. The number of fused-ring (bicyclic) bond motifs is 2. The van der Waals surface area contributed by atoms with Crippen molar-refractivity contribution in [1.82, 2.24) is 10.2 Å². The highest BCUT2D eigenvalue weighted by Gasteiger charge is 2.54. The monoisotopic (exact) mass is 776 g/mol. The Bertz CT molecular complexity index is 2220. The first-order chi connectivity index (χ1) is 25.1. The maximum atomic E-state index is 14.2. The summed E-state index contributed by atoms with van der Waals surface area (Å²) in [5.74, 6) is -1.20. The van der Waals surface area contributed by atoms with Gasteiger partial charge in [-0.15, -0.1) is 34.4 Å². The molecular weight excluding hydrogens is 750 g/mol. The van der Waals surface area contributed by atoms with E-state index in [9.17, 15) is 32.3 Å². The minimum absolute atomic E-state index is 0.0349. The van der Waals surface area contributed by atoms with Crippen molar-refractivity contribution in [3.8, 4) is 0 Å². The first kappa shape index (κ1) is 35.8. The molecule has 0 aliphatic carbocycles. The van der Waals surface area contributed by atoms with Crippen LogP contribution in [0.5, 0.6) is 0 Å². The van der Waals surface area contributed by atoms with Crippen LogP contribution in [-0.4, -0.2) is 39.9 Å². The SMILES string of the molecule is O=C(Cc1cccs1)NC1C(=O)N2C(C(=O)OC(c3ccccc3)c3ccccc3)=C(C=CSc3cc(=O)c4ccc(C(F)(F)F)cc4s3)CS[C@H]12. The number of ether oxygens (including phenoxy) is 1. The number of thioether (sulfide) groups is 2. The number of esters is 1. The van der Waals surface area contributed by atoms with E-state index in [1.807, 2.05) is 78.2 Å². The predicted octanol–water partition coefficient (Wildman–Crippen LogP) is 8.18. The number of hydrogen-bond acceptors (Lipinski definition) is 9. The Kier molecular flexibility index (Phi) is 10.4. The minimum atomic E-state index is -4.55. The van der Waals surface area contributed by atoms with Gasteiger partial charge in [0.1, 0.15) is 17.1 Å². The fraction of sp³-hybridized carbons (Fsp3) is 0.158. The lowest BCUT2D eigenvalue weighted by molar-refractivity contribution is -0.154. The van der Waals surface area contributed by atoms with Gasteiger partial charge in [0, 0.05) is 26.8 Å². The Morgan fingerprint density at radius 2 is 1.67 bits per heavy atom. The van der Waals surface area contributed by atoms with Gasteiger partial charge in [0.2, 0.25) is 5.91 Å². The summed E-state index contributed by atoms with van der Waals surface area (Å²) in [4.78, 5) is 55.8. The van der Waals surface area contributed by atoms with E-state index in [4.69, 9.17) is 4.74 Å². The van der Waals surface area contributed by atoms with Gasteiger partial charge in [-0.1, -0.05) is 78.5 Å². The summed E-state index contributed by atoms with van der Waals surface area (Å²) in [6.07, 6.45) is -3.57. The second-order valence-electron chi connectivity index (χ2n) is 11.8. The fourth-order valence-corrected chi connectivity index (χ4v) is 9.89. The van der Waals surface area contributed by atoms with E-state index >= 15 is 0 Å². The van der Waals surface area contributed by atoms with Crippen LogP contribution < -0.4 is 10.7 Å². The Morgan fingerprint density at radius 1 is 0.962 bits per heavy atom. The van der Waals surface area contributed by atoms with Gasteiger partial charge in [-0.05, 0) is 57.8 Å². The minimum Gasteiger partial charge on any atom is -0.448 e. The number of amides is 2. The van der Waals surface area contributed by atoms with Crippen LogP contribution in [0.3, 0.4) is 0 Å². The van der Waals surface area contributed by atoms with Gasteiger partial charge in [-0.3, -0.25) is 19.3 Å². The van der Waals surface area contributed by atoms with E-state index in [0.717, 1.165) is 51.2 Å². The molecule has 4 heterocycles. The average molecular weight is 777 g/mol. The van der Waals surface area contributed by atoms with Crippen molar-refractivity contribution in [2.45, 2.75) is 34.3 Å². The van der Waals surface area contributed by atoms with E-state index < -0.39 is 46.6 Å². The third-order valence-electron chi connectivity index (χ3n) is 8.34. The summed E-state index contributed by atoms with van der Waals surface area (Å²) in [5, 5.41) is 5.97. The third kappa shape index (κ3) is 7.61. The first-order valence-corrected chi connectivity index (χ1v) is 19.5. The number of nitrogens with one attached hydrogen (secondary N) is 1. The second-order valence-corrected chi connectivity index (χ2v) is 16.2. The van der Waals surface area contributed by atoms with E-state index in [1.165, 1.54) is 40.1 Å². The number of nitrogens with zero attached hydrogens (tertiary/aromatic N) is 1. The van der Waals surface area contributed by atoms with Crippen LogP contribution in [-0.2, 0) is 31.7 Å². The molecule has 1 N–H and O–H groups in total. The molecule has 1 unspecified atom stereocenters. The number of allylic oxidation sites excluding steroid dienone is 1. The summed E-state index contributed by atoms with van der Waals surface area (Å²) >= 11 is 4.98. The summed E-state index contributed by atoms with van der Waals surface area (Å²) < 4.78 is 46.9. The van der Waals surface area contributed by atoms with Gasteiger partial charge >= 0.3 is 12.1 Å². The van der Waals surface area contributed by atoms with Gasteiger partial charge in [-0.25, -0.2) is 4.79 Å². The molecular formula is C38H27F3N2O5S4. The van der Waals surface area contributed by atoms with Crippen LogP contribution in [0.1, 0.15) is 27.7 Å². The molecule has 2 aromatic heterocycles. The van der Waals surface area contributed by atoms with Crippen molar-refractivity contribution < 1.29 is 32.3 Å². The molecule has 7 nitrogen and oxygen atoms in total. The van der Waals surface area contributed by atoms with Crippen LogP contribution in [0.4, 0.5) is 13.2 Å². The molecule has 264 valence electrons. The summed E-state index contributed by atoms with van der Waals surface area (Å²) in [7, 11) is 0. The van der Waals surface area contributed by atoms with E-state index in [2.05, 4.69) is 5.32 Å². The normalized spacial score (nSPS) is 17.4. The molecule has 0 spiro atoms. The maximum Gasteiger partial charge on any atom is 0.416 e. The van der Waals surface area contributed by atoms with Gasteiger partial charge < -0.3 is 10.1 Å². The Morgan fingerprint density at radius 3 is 2.33 bits per heavy atom. The molecule has 2 atom stereocenters. The van der Waals surface area contributed by atoms with Crippen LogP contribution in [0.15, 0.2) is 134 Å². The second kappa shape index (κ2) is 15.2. The summed E-state index contributed by atoms with van der Waals surface area (Å²) in [6, 6.07) is 25.7. The molecule has 7 rings (SSSR count). The lowest BCUT2D eigenvalue weighted by atomic mass is 10.0. The molecule has 0 bridgehead atoms. The molecule has 14 heteroatoms. The zero-order valence-electron chi connectivity index (χ0n) is 26.9. The maximum absolute atomic E-state index is 14.2. The number of β-lactam (4-membered cyclic amide) rings is 1. The Labute approximate surface area is 312 Å². The van der Waals surface area contributed by atoms with E-state index in [0.29, 0.717) is 9.78 Å². The summed E-state index contributed by atoms with van der Waals surface area (Å²) in [5.41, 5.74) is 0.704. The molecule has 1 fully saturated rings. The van der Waals surface area contributed by atoms with Crippen molar-refractivity contribution >= 4 is 74.1 Å². The molecule has 1 saturated heterocycles. The van der Waals surface area contributed by atoms with Crippen molar-refractivity contribution in [2.75, 3.05) is 5.75 Å². The molecule has 52 heavy (non-hydrogen) atoms. The van der Waals surface area contributed by atoms with Crippen LogP contribution in [0, 0.1) is 0 Å². The number of alkyl halides is 3. The number of carbonyl (C=O) groups excluding carboxylic acids is 3. The predicted molar refractivity (Wildman–Crippen MR) is 199 cm³/mol. The zero-order valence-corrected chi connectivity index (χ0v) is 30.1. The van der Waals surface area contributed by atoms with Crippen molar-refractivity contribution in [2.24, 2.45) is 0 Å². The van der Waals surface area contributed by atoms with Crippen molar-refractivity contribution in [3.05, 3.63) is 157 Å². The molecule has 2 amide bonds. The topological polar surface area (TPSA) is 92.8 Å². The zero-order chi connectivity index (χ0) is 36.4. The molecule has 5 aromatic rings. The first-order valence-electron chi connectivity index (χ1n) is 15.9. The lowest BCUT2D eigenvalue weighted by Crippen LogP contribution is -2.70. The van der Waals surface area contributed by atoms with E-state index in [-0.39, 0.29) is 33.9 Å². The third-order valence-corrected chi connectivity index (χ3v) is 12.6. The van der Waals surface area contributed by atoms with Crippen molar-refractivity contribution in [3.63, 3.8) is 0 Å². The lowest BCUT2D eigenvalue weighted by Gasteiger charge is -2.49. The van der Waals surface area contributed by atoms with E-state index in [1.54, 1.807) is 11.5 Å². The number of hydrogen-bond donors (Lipinski definition) is 1. The molecule has 3 aromatic carbocycles. The Hall–Kier alpha value is -4.63. The largest absolute Gasteiger partial charge is 0.448 e. The highest BCUT2D eigenvalue weighted by atomic mass is 32.2. The highest BCUT2D eigenvalue weighted by molar-refractivity contribution is 8.04. The molecule has 0 saturated carbocycles. The van der Waals surface area contributed by atoms with Gasteiger partial charge in [0.05, 0.1) is 16.2 Å². The van der Waals surface area contributed by atoms with Crippen LogP contribution >= 0.6 is 46.2 Å². The highest BCUT2D eigenvalue weighted by Crippen LogP contribution is 2.43. The fourth-order valence-electron chi connectivity index (χ4n) is 5.85. The van der Waals surface area contributed by atoms with Gasteiger partial charge in [0.25, 0.3) is 5.91 Å². The van der Waals surface area contributed by atoms with Gasteiger partial charge in [0.15, 0.2) is 11.5 Å². The summed E-state index contributed by atoms with van der Waals surface area (Å²) in [6.45, 7) is 0. The average Bonchev–Trinajstić information content (AvgIpc) is 3.65. The molecule has 2 aliphatic rings. The van der Waals surface area contributed by atoms with Gasteiger partial charge in [-0.2, -0.15) is 13.2 Å². The standard InChI is InChI=1S/C38H27F3N2O5S4/c39-38(40,41)25-13-14-27-28(44)20-31(52-29(27)18-25)50-17-15-24-21-51-36-32(42-30(45)19-26-12-7-16-49-26)35(46)43(36)33(24)37(47)48-34(22-8-3-1-4-9-22)23-10-5-2-6-11-23/h1-18,20,32,34,36H,19,21H2,(H,42,45)/t32?,36-/m1/s1. The number of benzene rings is 3. The smallest absolute Gasteiger partial charge is 0.416 e. The number of thiophene rings is 1. The molecule has 2 aliphatic heterocycles. The van der Waals surface area contributed by atoms with Crippen LogP contribution in [0.25, 0.3) is 10.1 Å². The molecule has 0 radical (unpaired) electrons. The van der Waals surface area contributed by atoms with Crippen LogP contribution in [0.2, 0.25) is 0 Å².